The molecular formula is C28H37N3O4S. The van der Waals surface area contributed by atoms with Crippen molar-refractivity contribution < 1.29 is 19.7 Å². The van der Waals surface area contributed by atoms with Crippen molar-refractivity contribution in [2.24, 2.45) is 18.9 Å². The first kappa shape index (κ1) is 26.5. The molecule has 8 heteroatoms. The lowest BCUT2D eigenvalue weighted by atomic mass is 9.79. The molecule has 3 aromatic rings. The Hall–Kier alpha value is -2.55. The minimum atomic E-state index is -0.734. The maximum atomic E-state index is 11.3. The number of thioether (sulfide) groups is 1. The zero-order chi connectivity index (χ0) is 25.5. The van der Waals surface area contributed by atoms with E-state index in [1.54, 1.807) is 13.3 Å². The van der Waals surface area contributed by atoms with Crippen LogP contribution >= 0.6 is 11.8 Å². The number of hydrogen-bond acceptors (Lipinski definition) is 6. The first-order valence-corrected chi connectivity index (χ1v) is 13.7. The summed E-state index contributed by atoms with van der Waals surface area (Å²) in [5.41, 5.74) is 1.71. The molecule has 1 saturated heterocycles. The van der Waals surface area contributed by atoms with Crippen LogP contribution in [0.25, 0.3) is 10.9 Å². The second-order valence-electron chi connectivity index (χ2n) is 9.72. The number of aromatic nitrogens is 2. The summed E-state index contributed by atoms with van der Waals surface area (Å²) < 4.78 is 7.51. The van der Waals surface area contributed by atoms with E-state index in [0.29, 0.717) is 24.7 Å². The molecule has 0 amide bonds. The van der Waals surface area contributed by atoms with Crippen LogP contribution in [-0.4, -0.2) is 63.1 Å². The molecule has 2 N–H and O–H groups in total. The van der Waals surface area contributed by atoms with Gasteiger partial charge in [-0.2, -0.15) is 0 Å². The Morgan fingerprint density at radius 1 is 1.25 bits per heavy atom. The lowest BCUT2D eigenvalue weighted by molar-refractivity contribution is -0.137. The highest BCUT2D eigenvalue weighted by molar-refractivity contribution is 7.99. The topological polar surface area (TPSA) is 87.8 Å². The minimum Gasteiger partial charge on any atom is -0.497 e. The van der Waals surface area contributed by atoms with Crippen LogP contribution in [0.4, 0.5) is 0 Å². The number of piperidine rings is 1. The number of fused-ring (bicyclic) bond motifs is 1. The summed E-state index contributed by atoms with van der Waals surface area (Å²) in [5, 5.41) is 22.6. The maximum absolute atomic E-state index is 11.3. The first-order chi connectivity index (χ1) is 17.4. The quantitative estimate of drug-likeness (QED) is 0.331. The number of aliphatic hydroxyl groups excluding tert-OH is 1. The molecule has 0 spiro atoms. The monoisotopic (exact) mass is 511 g/mol. The highest BCUT2D eigenvalue weighted by Crippen LogP contribution is 2.35. The number of ether oxygens (including phenoxy) is 1. The number of nitrogens with zero attached hydrogens (tertiary/aromatic N) is 3. The largest absolute Gasteiger partial charge is 0.497 e. The van der Waals surface area contributed by atoms with Gasteiger partial charge in [-0.3, -0.25) is 9.78 Å². The number of pyridine rings is 1. The van der Waals surface area contributed by atoms with Crippen LogP contribution in [0.1, 0.15) is 43.8 Å². The number of carboxylic acid groups (broad SMARTS) is 1. The van der Waals surface area contributed by atoms with Gasteiger partial charge in [-0.1, -0.05) is 0 Å². The van der Waals surface area contributed by atoms with Gasteiger partial charge in [0.25, 0.3) is 0 Å². The van der Waals surface area contributed by atoms with E-state index in [1.807, 2.05) is 36.0 Å². The molecule has 0 saturated carbocycles. The van der Waals surface area contributed by atoms with Gasteiger partial charge in [0.15, 0.2) is 0 Å². The van der Waals surface area contributed by atoms with Crippen LogP contribution in [0, 0.1) is 11.8 Å². The van der Waals surface area contributed by atoms with E-state index in [9.17, 15) is 15.0 Å². The number of carbonyl (C=O) groups is 1. The smallest absolute Gasteiger partial charge is 0.303 e. The number of hydrogen-bond donors (Lipinski definition) is 2. The predicted octanol–water partition coefficient (Wildman–Crippen LogP) is 4.99. The maximum Gasteiger partial charge on any atom is 0.303 e. The molecule has 2 aromatic heterocycles. The van der Waals surface area contributed by atoms with Crippen LogP contribution < -0.4 is 4.74 Å². The fourth-order valence-corrected chi connectivity index (χ4v) is 6.34. The Balaban J connectivity index is 1.36. The summed E-state index contributed by atoms with van der Waals surface area (Å²) in [5.74, 6) is 1.78. The van der Waals surface area contributed by atoms with E-state index in [-0.39, 0.29) is 6.42 Å². The Kier molecular flexibility index (Phi) is 9.29. The third kappa shape index (κ3) is 6.81. The summed E-state index contributed by atoms with van der Waals surface area (Å²) >= 11 is 1.86. The number of carboxylic acids is 1. The molecule has 1 aromatic carbocycles. The molecule has 2 unspecified atom stereocenters. The molecule has 0 aliphatic carbocycles. The summed E-state index contributed by atoms with van der Waals surface area (Å²) in [4.78, 5) is 18.2. The number of aliphatic hydroxyl groups is 1. The molecule has 1 aliphatic rings. The van der Waals surface area contributed by atoms with E-state index >= 15 is 0 Å². The van der Waals surface area contributed by atoms with Crippen LogP contribution in [0.15, 0.2) is 53.8 Å². The molecule has 3 atom stereocenters. The fraction of sp³-hybridized carbons (Fsp3) is 0.500. The second kappa shape index (κ2) is 12.6. The molecular weight excluding hydrogens is 474 g/mol. The zero-order valence-corrected chi connectivity index (χ0v) is 22.0. The third-order valence-corrected chi connectivity index (χ3v) is 8.52. The van der Waals surface area contributed by atoms with Gasteiger partial charge < -0.3 is 24.4 Å². The van der Waals surface area contributed by atoms with Crippen LogP contribution in [-0.2, 0) is 11.8 Å². The fourth-order valence-electron chi connectivity index (χ4n) is 5.34. The van der Waals surface area contributed by atoms with E-state index in [4.69, 9.17) is 4.74 Å². The molecule has 1 aliphatic heterocycles. The van der Waals surface area contributed by atoms with Gasteiger partial charge in [0.05, 0.1) is 23.8 Å². The lowest BCUT2D eigenvalue weighted by Crippen LogP contribution is -2.41. The van der Waals surface area contributed by atoms with Gasteiger partial charge in [-0.05, 0) is 86.0 Å². The highest BCUT2D eigenvalue weighted by Gasteiger charge is 2.30. The lowest BCUT2D eigenvalue weighted by Gasteiger charge is -2.39. The Morgan fingerprint density at radius 3 is 2.86 bits per heavy atom. The van der Waals surface area contributed by atoms with Crippen molar-refractivity contribution in [3.05, 3.63) is 54.4 Å². The van der Waals surface area contributed by atoms with Crippen LogP contribution in [0.5, 0.6) is 5.75 Å². The normalized spacial score (nSPS) is 19.4. The summed E-state index contributed by atoms with van der Waals surface area (Å²) in [6.45, 7) is 2.95. The molecule has 3 heterocycles. The van der Waals surface area contributed by atoms with Gasteiger partial charge in [0.2, 0.25) is 0 Å². The average molecular weight is 512 g/mol. The SMILES string of the molecule is COc1ccc2nccc([C@@H](O)CCC3CCN(CCSc4cccn4C)CC3CCC(=O)O)c2c1. The van der Waals surface area contributed by atoms with Crippen molar-refractivity contribution in [3.8, 4) is 5.75 Å². The third-order valence-electron chi connectivity index (χ3n) is 7.41. The molecule has 36 heavy (non-hydrogen) atoms. The summed E-state index contributed by atoms with van der Waals surface area (Å²) in [6, 6.07) is 11.8. The molecule has 7 nitrogen and oxygen atoms in total. The van der Waals surface area contributed by atoms with Crippen molar-refractivity contribution in [2.75, 3.05) is 32.5 Å². The summed E-state index contributed by atoms with van der Waals surface area (Å²) in [7, 11) is 3.70. The number of methoxy groups -OCH3 is 1. The molecule has 0 bridgehead atoms. The Labute approximate surface area is 217 Å². The standard InChI is InChI=1S/C28H37N3O4S/c1-30-14-3-4-27(30)36-17-16-31-15-12-20(21(19-31)6-10-28(33)34)5-9-26(32)23-11-13-29-25-8-7-22(35-2)18-24(23)25/h3-4,7-8,11,13-14,18,20-21,26,32H,5-6,9-10,12,15-17,19H2,1-2H3,(H,33,34)/t20?,21?,26-/m0/s1. The van der Waals surface area contributed by atoms with Gasteiger partial charge in [0.1, 0.15) is 5.75 Å². The van der Waals surface area contributed by atoms with Gasteiger partial charge in [-0.15, -0.1) is 11.8 Å². The van der Waals surface area contributed by atoms with E-state index < -0.39 is 12.1 Å². The molecule has 4 rings (SSSR count). The number of rotatable bonds is 12. The first-order valence-electron chi connectivity index (χ1n) is 12.7. The Morgan fingerprint density at radius 2 is 2.11 bits per heavy atom. The van der Waals surface area contributed by atoms with Crippen molar-refractivity contribution in [1.29, 1.82) is 0 Å². The minimum absolute atomic E-state index is 0.199. The molecule has 1 fully saturated rings. The predicted molar refractivity (Wildman–Crippen MR) is 144 cm³/mol. The van der Waals surface area contributed by atoms with Crippen molar-refractivity contribution in [3.63, 3.8) is 0 Å². The van der Waals surface area contributed by atoms with Gasteiger partial charge >= 0.3 is 5.97 Å². The van der Waals surface area contributed by atoms with Crippen LogP contribution in [0.3, 0.4) is 0 Å². The molecule has 194 valence electrons. The second-order valence-corrected chi connectivity index (χ2v) is 10.8. The van der Waals surface area contributed by atoms with Gasteiger partial charge in [0, 0.05) is 50.1 Å². The van der Waals surface area contributed by atoms with Crippen molar-refractivity contribution >= 4 is 28.6 Å². The number of aliphatic carboxylic acids is 1. The number of likely N-dealkylation sites (tertiary alicyclic amines) is 1. The Bertz CT molecular complexity index is 1150. The number of benzene rings is 1. The van der Waals surface area contributed by atoms with Crippen molar-refractivity contribution in [1.82, 2.24) is 14.5 Å². The van der Waals surface area contributed by atoms with E-state index in [2.05, 4.69) is 39.8 Å². The zero-order valence-electron chi connectivity index (χ0n) is 21.2. The van der Waals surface area contributed by atoms with E-state index in [1.165, 1.54) is 5.03 Å². The number of aryl methyl sites for hydroxylation is 1. The highest BCUT2D eigenvalue weighted by atomic mass is 32.2. The van der Waals surface area contributed by atoms with Gasteiger partial charge in [-0.25, -0.2) is 0 Å². The molecule has 0 radical (unpaired) electrons. The average Bonchev–Trinajstić information content (AvgIpc) is 3.30. The van der Waals surface area contributed by atoms with Crippen LogP contribution in [0.2, 0.25) is 0 Å². The summed E-state index contributed by atoms with van der Waals surface area (Å²) in [6.07, 6.45) is 6.67. The van der Waals surface area contributed by atoms with Crippen molar-refractivity contribution in [2.45, 2.75) is 43.2 Å². The van der Waals surface area contributed by atoms with E-state index in [0.717, 1.165) is 60.4 Å².